The second-order valence-corrected chi connectivity index (χ2v) is 5.04. The molecule has 0 aromatic carbocycles. The molecular weight excluding hydrogens is 214 g/mol. The van der Waals surface area contributed by atoms with Gasteiger partial charge in [-0.05, 0) is 26.2 Å². The first-order valence-corrected chi connectivity index (χ1v) is 7.19. The molecule has 1 rings (SSSR count). The van der Waals surface area contributed by atoms with E-state index < -0.39 is 0 Å². The highest BCUT2D eigenvalue weighted by atomic mass is 16.3. The summed E-state index contributed by atoms with van der Waals surface area (Å²) in [4.78, 5) is 14.3. The average Bonchev–Trinajstić information content (AvgIpc) is 2.29. The molecule has 1 aliphatic carbocycles. The Morgan fingerprint density at radius 2 is 1.76 bits per heavy atom. The van der Waals surface area contributed by atoms with Crippen molar-refractivity contribution in [3.63, 3.8) is 0 Å². The van der Waals surface area contributed by atoms with E-state index in [0.717, 1.165) is 19.4 Å². The molecule has 1 N–H and O–H groups in total. The minimum Gasteiger partial charge on any atom is -0.396 e. The Balaban J connectivity index is 2.45. The topological polar surface area (TPSA) is 40.5 Å². The van der Waals surface area contributed by atoms with Crippen molar-refractivity contribution >= 4 is 5.91 Å². The zero-order valence-electron chi connectivity index (χ0n) is 11.2. The molecule has 0 aromatic heterocycles. The van der Waals surface area contributed by atoms with E-state index in [2.05, 4.69) is 0 Å². The Labute approximate surface area is 105 Å². The molecule has 0 unspecified atom stereocenters. The summed E-state index contributed by atoms with van der Waals surface area (Å²) in [5, 5.41) is 8.85. The second kappa shape index (κ2) is 8.51. The van der Waals surface area contributed by atoms with E-state index in [0.29, 0.717) is 18.9 Å². The number of hydrogen-bond donors (Lipinski definition) is 1. The lowest BCUT2D eigenvalue weighted by Gasteiger charge is -2.27. The highest BCUT2D eigenvalue weighted by Crippen LogP contribution is 2.24. The van der Waals surface area contributed by atoms with Crippen LogP contribution < -0.4 is 0 Å². The fraction of sp³-hybridized carbons (Fsp3) is 0.929. The van der Waals surface area contributed by atoms with Crippen LogP contribution in [0.5, 0.6) is 0 Å². The zero-order valence-corrected chi connectivity index (χ0v) is 11.2. The molecule has 0 radical (unpaired) electrons. The maximum absolute atomic E-state index is 12.3. The average molecular weight is 241 g/mol. The first kappa shape index (κ1) is 14.5. The maximum atomic E-state index is 12.3. The van der Waals surface area contributed by atoms with Gasteiger partial charge in [-0.15, -0.1) is 0 Å². The van der Waals surface area contributed by atoms with Crippen LogP contribution in [0.2, 0.25) is 0 Å². The summed E-state index contributed by atoms with van der Waals surface area (Å²) in [5.74, 6) is 0.566. The van der Waals surface area contributed by atoms with Gasteiger partial charge in [-0.3, -0.25) is 4.79 Å². The molecule has 0 aromatic rings. The molecule has 1 fully saturated rings. The number of carbonyl (C=O) groups is 1. The van der Waals surface area contributed by atoms with Crippen molar-refractivity contribution in [1.29, 1.82) is 0 Å². The molecule has 1 aliphatic rings. The summed E-state index contributed by atoms with van der Waals surface area (Å²) < 4.78 is 0. The summed E-state index contributed by atoms with van der Waals surface area (Å²) in [7, 11) is 0. The standard InChI is InChI=1S/C14H27NO2/c1-2-15(11-8-12-16)14(17)13-9-6-4-3-5-7-10-13/h13,16H,2-12H2,1H3. The molecule has 17 heavy (non-hydrogen) atoms. The predicted molar refractivity (Wildman–Crippen MR) is 69.8 cm³/mol. The lowest BCUT2D eigenvalue weighted by atomic mass is 9.90. The Bertz CT molecular complexity index is 210. The summed E-state index contributed by atoms with van der Waals surface area (Å²) in [5.41, 5.74) is 0. The van der Waals surface area contributed by atoms with E-state index in [-0.39, 0.29) is 12.5 Å². The minimum atomic E-state index is 0.175. The third-order valence-electron chi connectivity index (χ3n) is 3.73. The van der Waals surface area contributed by atoms with Crippen LogP contribution in [0.4, 0.5) is 0 Å². The quantitative estimate of drug-likeness (QED) is 0.803. The fourth-order valence-corrected chi connectivity index (χ4v) is 2.65. The van der Waals surface area contributed by atoms with Crippen LogP contribution in [0.15, 0.2) is 0 Å². The van der Waals surface area contributed by atoms with Crippen molar-refractivity contribution in [2.45, 2.75) is 58.3 Å². The molecule has 0 bridgehead atoms. The molecule has 1 amide bonds. The Morgan fingerprint density at radius 3 is 2.29 bits per heavy atom. The van der Waals surface area contributed by atoms with Gasteiger partial charge in [0.15, 0.2) is 0 Å². The lowest BCUT2D eigenvalue weighted by molar-refractivity contribution is -0.136. The Hall–Kier alpha value is -0.570. The SMILES string of the molecule is CCN(CCCO)C(=O)C1CCCCCCC1. The van der Waals surface area contributed by atoms with E-state index in [9.17, 15) is 4.79 Å². The van der Waals surface area contributed by atoms with Crippen molar-refractivity contribution in [2.24, 2.45) is 5.92 Å². The lowest BCUT2D eigenvalue weighted by Crippen LogP contribution is -2.37. The summed E-state index contributed by atoms with van der Waals surface area (Å²) in [6, 6.07) is 0. The summed E-state index contributed by atoms with van der Waals surface area (Å²) >= 11 is 0. The van der Waals surface area contributed by atoms with Gasteiger partial charge in [0.05, 0.1) is 0 Å². The molecule has 3 nitrogen and oxygen atoms in total. The third-order valence-corrected chi connectivity index (χ3v) is 3.73. The molecule has 100 valence electrons. The van der Waals surface area contributed by atoms with Gasteiger partial charge in [-0.2, -0.15) is 0 Å². The van der Waals surface area contributed by atoms with Gasteiger partial charge < -0.3 is 10.0 Å². The monoisotopic (exact) mass is 241 g/mol. The van der Waals surface area contributed by atoms with Crippen molar-refractivity contribution in [2.75, 3.05) is 19.7 Å². The molecule has 0 aliphatic heterocycles. The number of aliphatic hydroxyl groups excluding tert-OH is 1. The van der Waals surface area contributed by atoms with Crippen LogP contribution in [0, 0.1) is 5.92 Å². The van der Waals surface area contributed by atoms with Crippen LogP contribution in [0.3, 0.4) is 0 Å². The smallest absolute Gasteiger partial charge is 0.225 e. The van der Waals surface area contributed by atoms with Gasteiger partial charge in [0, 0.05) is 25.6 Å². The summed E-state index contributed by atoms with van der Waals surface area (Å²) in [6.07, 6.45) is 9.14. The van der Waals surface area contributed by atoms with Crippen LogP contribution in [-0.2, 0) is 4.79 Å². The first-order chi connectivity index (χ1) is 8.29. The Morgan fingerprint density at radius 1 is 1.18 bits per heavy atom. The molecule has 3 heteroatoms. The van der Waals surface area contributed by atoms with Crippen molar-refractivity contribution in [1.82, 2.24) is 4.90 Å². The number of rotatable bonds is 5. The van der Waals surface area contributed by atoms with E-state index in [4.69, 9.17) is 5.11 Å². The second-order valence-electron chi connectivity index (χ2n) is 5.04. The van der Waals surface area contributed by atoms with Gasteiger partial charge in [0.25, 0.3) is 0 Å². The predicted octanol–water partition coefficient (Wildman–Crippen LogP) is 2.58. The summed E-state index contributed by atoms with van der Waals surface area (Å²) in [6.45, 7) is 3.68. The van der Waals surface area contributed by atoms with E-state index in [1.807, 2.05) is 11.8 Å². The normalized spacial score (nSPS) is 18.5. The van der Waals surface area contributed by atoms with Crippen molar-refractivity contribution in [3.8, 4) is 0 Å². The minimum absolute atomic E-state index is 0.175. The number of amides is 1. The van der Waals surface area contributed by atoms with Gasteiger partial charge in [-0.25, -0.2) is 0 Å². The molecule has 0 saturated heterocycles. The van der Waals surface area contributed by atoms with Gasteiger partial charge in [0.2, 0.25) is 5.91 Å². The van der Waals surface area contributed by atoms with Gasteiger partial charge >= 0.3 is 0 Å². The molecule has 0 atom stereocenters. The number of carbonyl (C=O) groups excluding carboxylic acids is 1. The number of aliphatic hydroxyl groups is 1. The van der Waals surface area contributed by atoms with E-state index in [1.54, 1.807) is 0 Å². The number of nitrogens with zero attached hydrogens (tertiary/aromatic N) is 1. The fourth-order valence-electron chi connectivity index (χ4n) is 2.65. The van der Waals surface area contributed by atoms with Crippen molar-refractivity contribution < 1.29 is 9.90 Å². The van der Waals surface area contributed by atoms with Crippen LogP contribution in [0.25, 0.3) is 0 Å². The molecular formula is C14H27NO2. The van der Waals surface area contributed by atoms with Crippen molar-refractivity contribution in [3.05, 3.63) is 0 Å². The number of hydrogen-bond acceptors (Lipinski definition) is 2. The van der Waals surface area contributed by atoms with E-state index in [1.165, 1.54) is 32.1 Å². The molecule has 0 spiro atoms. The van der Waals surface area contributed by atoms with Crippen LogP contribution >= 0.6 is 0 Å². The largest absolute Gasteiger partial charge is 0.396 e. The van der Waals surface area contributed by atoms with Gasteiger partial charge in [0.1, 0.15) is 0 Å². The van der Waals surface area contributed by atoms with Gasteiger partial charge in [-0.1, -0.05) is 32.1 Å². The highest BCUT2D eigenvalue weighted by Gasteiger charge is 2.23. The van der Waals surface area contributed by atoms with E-state index >= 15 is 0 Å². The molecule has 0 heterocycles. The maximum Gasteiger partial charge on any atom is 0.225 e. The zero-order chi connectivity index (χ0) is 12.5. The first-order valence-electron chi connectivity index (χ1n) is 7.19. The van der Waals surface area contributed by atoms with Crippen LogP contribution in [0.1, 0.15) is 58.3 Å². The third kappa shape index (κ3) is 5.07. The van der Waals surface area contributed by atoms with Crippen LogP contribution in [-0.4, -0.2) is 35.6 Å². The molecule has 1 saturated carbocycles. The Kier molecular flexibility index (Phi) is 7.25. The highest BCUT2D eigenvalue weighted by molar-refractivity contribution is 5.78.